The molecule has 3 nitrogen and oxygen atoms in total. The predicted molar refractivity (Wildman–Crippen MR) is 53.3 cm³/mol. The molecule has 80 valence electrons. The highest BCUT2D eigenvalue weighted by Gasteiger charge is 2.40. The van der Waals surface area contributed by atoms with E-state index in [2.05, 4.69) is 5.48 Å². The number of hydroxylamine groups is 1. The zero-order valence-electron chi connectivity index (χ0n) is 8.79. The maximum atomic E-state index is 11.4. The molecule has 14 heavy (non-hydrogen) atoms. The van der Waals surface area contributed by atoms with E-state index >= 15 is 0 Å². The Morgan fingerprint density at radius 3 is 2.86 bits per heavy atom. The smallest absolute Gasteiger partial charge is 0.243 e. The van der Waals surface area contributed by atoms with Crippen LogP contribution in [0.25, 0.3) is 0 Å². The van der Waals surface area contributed by atoms with Gasteiger partial charge in [-0.15, -0.1) is 0 Å². The summed E-state index contributed by atoms with van der Waals surface area (Å²) in [6.45, 7) is 2.42. The van der Waals surface area contributed by atoms with E-state index in [0.717, 1.165) is 11.8 Å². The van der Waals surface area contributed by atoms with Crippen molar-refractivity contribution in [3.63, 3.8) is 0 Å². The topological polar surface area (TPSA) is 38.3 Å². The van der Waals surface area contributed by atoms with Crippen molar-refractivity contribution >= 4 is 5.91 Å². The van der Waals surface area contributed by atoms with E-state index in [1.165, 1.54) is 25.7 Å². The Hall–Kier alpha value is -0.570. The number of rotatable bonds is 4. The Morgan fingerprint density at radius 2 is 2.29 bits per heavy atom. The van der Waals surface area contributed by atoms with Gasteiger partial charge in [0.05, 0.1) is 6.61 Å². The van der Waals surface area contributed by atoms with Gasteiger partial charge in [0, 0.05) is 6.42 Å². The van der Waals surface area contributed by atoms with Crippen molar-refractivity contribution in [1.29, 1.82) is 0 Å². The van der Waals surface area contributed by atoms with Crippen LogP contribution in [0.2, 0.25) is 0 Å². The van der Waals surface area contributed by atoms with Crippen LogP contribution in [-0.4, -0.2) is 12.5 Å². The number of carbonyl (C=O) groups excluding carboxylic acids is 1. The van der Waals surface area contributed by atoms with Crippen LogP contribution in [0.3, 0.4) is 0 Å². The van der Waals surface area contributed by atoms with E-state index in [9.17, 15) is 4.79 Å². The van der Waals surface area contributed by atoms with Crippen molar-refractivity contribution in [2.75, 3.05) is 6.61 Å². The second kappa shape index (κ2) is 4.30. The van der Waals surface area contributed by atoms with Crippen LogP contribution in [0.5, 0.6) is 0 Å². The van der Waals surface area contributed by atoms with Gasteiger partial charge in [0.1, 0.15) is 0 Å². The minimum atomic E-state index is 0.0596. The van der Waals surface area contributed by atoms with Crippen molar-refractivity contribution < 1.29 is 9.63 Å². The number of amides is 1. The highest BCUT2D eigenvalue weighted by atomic mass is 16.6. The first-order valence-corrected chi connectivity index (χ1v) is 5.70. The van der Waals surface area contributed by atoms with E-state index in [1.807, 2.05) is 6.92 Å². The molecule has 0 aliphatic heterocycles. The quantitative estimate of drug-likeness (QED) is 0.699. The van der Waals surface area contributed by atoms with Gasteiger partial charge in [0.25, 0.3) is 0 Å². The normalized spacial score (nSPS) is 34.8. The molecule has 2 bridgehead atoms. The standard InChI is InChI=1S/C11H19NO2/c1-2-14-12-11(13)7-10-6-8-3-4-9(10)5-8/h8-10H,2-7H2,1H3,(H,12,13)/t8-,9-,10+/m0/s1. The summed E-state index contributed by atoms with van der Waals surface area (Å²) in [7, 11) is 0. The third-order valence-corrected chi connectivity index (χ3v) is 3.66. The Kier molecular flexibility index (Phi) is 3.06. The molecule has 0 spiro atoms. The predicted octanol–water partition coefficient (Wildman–Crippen LogP) is 1.88. The summed E-state index contributed by atoms with van der Waals surface area (Å²) in [4.78, 5) is 16.3. The van der Waals surface area contributed by atoms with Crippen LogP contribution < -0.4 is 5.48 Å². The number of hydrogen-bond donors (Lipinski definition) is 1. The van der Waals surface area contributed by atoms with Gasteiger partial charge in [0.2, 0.25) is 5.91 Å². The molecule has 0 aromatic carbocycles. The van der Waals surface area contributed by atoms with Gasteiger partial charge in [-0.3, -0.25) is 9.63 Å². The minimum absolute atomic E-state index is 0.0596. The van der Waals surface area contributed by atoms with Crippen molar-refractivity contribution in [1.82, 2.24) is 5.48 Å². The van der Waals surface area contributed by atoms with Crippen LogP contribution in [0.1, 0.15) is 39.0 Å². The SMILES string of the molecule is CCONC(=O)C[C@H]1C[C@H]2CC[C@H]1C2. The molecule has 1 amide bonds. The zero-order valence-corrected chi connectivity index (χ0v) is 8.79. The van der Waals surface area contributed by atoms with E-state index in [0.29, 0.717) is 18.9 Å². The van der Waals surface area contributed by atoms with Gasteiger partial charge in [0.15, 0.2) is 0 Å². The molecule has 0 aromatic heterocycles. The number of nitrogens with one attached hydrogen (secondary N) is 1. The third kappa shape index (κ3) is 2.08. The van der Waals surface area contributed by atoms with Crippen LogP contribution >= 0.6 is 0 Å². The Balaban J connectivity index is 1.73. The molecule has 0 saturated heterocycles. The summed E-state index contributed by atoms with van der Waals surface area (Å²) >= 11 is 0. The number of carbonyl (C=O) groups is 1. The van der Waals surface area contributed by atoms with Gasteiger partial charge >= 0.3 is 0 Å². The molecule has 2 rings (SSSR count). The van der Waals surface area contributed by atoms with Crippen molar-refractivity contribution in [2.45, 2.75) is 39.0 Å². The summed E-state index contributed by atoms with van der Waals surface area (Å²) < 4.78 is 0. The Bertz CT molecular complexity index is 217. The molecule has 3 atom stereocenters. The maximum Gasteiger partial charge on any atom is 0.243 e. The molecule has 3 heteroatoms. The summed E-state index contributed by atoms with van der Waals surface area (Å²) in [5, 5.41) is 0. The molecular weight excluding hydrogens is 178 g/mol. The highest BCUT2D eigenvalue weighted by molar-refractivity contribution is 5.75. The van der Waals surface area contributed by atoms with E-state index in [4.69, 9.17) is 4.84 Å². The lowest BCUT2D eigenvalue weighted by Crippen LogP contribution is -2.27. The Labute approximate surface area is 85.2 Å². The lowest BCUT2D eigenvalue weighted by molar-refractivity contribution is -0.134. The second-order valence-corrected chi connectivity index (χ2v) is 4.60. The fraction of sp³-hybridized carbons (Fsp3) is 0.909. The lowest BCUT2D eigenvalue weighted by Gasteiger charge is -2.20. The maximum absolute atomic E-state index is 11.4. The molecular formula is C11H19NO2. The lowest BCUT2D eigenvalue weighted by atomic mass is 9.86. The number of fused-ring (bicyclic) bond motifs is 2. The molecule has 2 aliphatic rings. The largest absolute Gasteiger partial charge is 0.274 e. The van der Waals surface area contributed by atoms with Crippen LogP contribution in [-0.2, 0) is 9.63 Å². The Morgan fingerprint density at radius 1 is 1.43 bits per heavy atom. The summed E-state index contributed by atoms with van der Waals surface area (Å²) in [6, 6.07) is 0. The van der Waals surface area contributed by atoms with Gasteiger partial charge < -0.3 is 0 Å². The number of hydrogen-bond acceptors (Lipinski definition) is 2. The van der Waals surface area contributed by atoms with Gasteiger partial charge in [-0.25, -0.2) is 5.48 Å². The average Bonchev–Trinajstić information content (AvgIpc) is 2.76. The van der Waals surface area contributed by atoms with E-state index in [1.54, 1.807) is 0 Å². The first-order chi connectivity index (χ1) is 6.79. The second-order valence-electron chi connectivity index (χ2n) is 4.60. The van der Waals surface area contributed by atoms with E-state index in [-0.39, 0.29) is 5.91 Å². The van der Waals surface area contributed by atoms with Crippen molar-refractivity contribution in [3.8, 4) is 0 Å². The van der Waals surface area contributed by atoms with Crippen LogP contribution in [0, 0.1) is 17.8 Å². The third-order valence-electron chi connectivity index (χ3n) is 3.66. The molecule has 2 aliphatic carbocycles. The van der Waals surface area contributed by atoms with Crippen LogP contribution in [0.4, 0.5) is 0 Å². The molecule has 0 unspecified atom stereocenters. The molecule has 0 aromatic rings. The minimum Gasteiger partial charge on any atom is -0.274 e. The monoisotopic (exact) mass is 197 g/mol. The van der Waals surface area contributed by atoms with Crippen molar-refractivity contribution in [3.05, 3.63) is 0 Å². The van der Waals surface area contributed by atoms with Gasteiger partial charge in [-0.05, 0) is 43.9 Å². The van der Waals surface area contributed by atoms with Crippen LogP contribution in [0.15, 0.2) is 0 Å². The molecule has 0 heterocycles. The average molecular weight is 197 g/mol. The van der Waals surface area contributed by atoms with E-state index < -0.39 is 0 Å². The first kappa shape index (κ1) is 9.97. The van der Waals surface area contributed by atoms with Gasteiger partial charge in [-0.2, -0.15) is 0 Å². The molecule has 0 radical (unpaired) electrons. The summed E-state index contributed by atoms with van der Waals surface area (Å²) in [6.07, 6.45) is 6.05. The van der Waals surface area contributed by atoms with Gasteiger partial charge in [-0.1, -0.05) is 6.42 Å². The first-order valence-electron chi connectivity index (χ1n) is 5.70. The summed E-state index contributed by atoms with van der Waals surface area (Å²) in [5.74, 6) is 2.44. The zero-order chi connectivity index (χ0) is 9.97. The molecule has 1 N–H and O–H groups in total. The fourth-order valence-corrected chi connectivity index (χ4v) is 3.06. The van der Waals surface area contributed by atoms with Crippen molar-refractivity contribution in [2.24, 2.45) is 17.8 Å². The fourth-order valence-electron chi connectivity index (χ4n) is 3.06. The highest BCUT2D eigenvalue weighted by Crippen LogP contribution is 2.49. The summed E-state index contributed by atoms with van der Waals surface area (Å²) in [5.41, 5.74) is 2.48. The molecule has 2 fully saturated rings. The molecule has 2 saturated carbocycles.